The van der Waals surface area contributed by atoms with E-state index >= 15 is 0 Å². The molecule has 1 N–H and O–H groups in total. The first-order chi connectivity index (χ1) is 13.7. The van der Waals surface area contributed by atoms with Gasteiger partial charge in [0, 0.05) is 48.0 Å². The molecule has 2 amide bonds. The first-order valence-electron chi connectivity index (χ1n) is 9.22. The zero-order valence-corrected chi connectivity index (χ0v) is 15.4. The highest BCUT2D eigenvalue weighted by molar-refractivity contribution is 6.05. The van der Waals surface area contributed by atoms with Gasteiger partial charge in [-0.1, -0.05) is 12.1 Å². The Hall–Kier alpha value is -3.38. The largest absolute Gasteiger partial charge is 0.378 e. The Morgan fingerprint density at radius 2 is 1.57 bits per heavy atom. The molecule has 6 heteroatoms. The minimum Gasteiger partial charge on any atom is -0.378 e. The van der Waals surface area contributed by atoms with Crippen molar-refractivity contribution in [3.63, 3.8) is 0 Å². The number of ether oxygens (including phenoxy) is 1. The Morgan fingerprint density at radius 1 is 0.857 bits per heavy atom. The van der Waals surface area contributed by atoms with Crippen LogP contribution in [0.1, 0.15) is 20.7 Å². The van der Waals surface area contributed by atoms with E-state index in [0.29, 0.717) is 43.1 Å². The summed E-state index contributed by atoms with van der Waals surface area (Å²) >= 11 is 0. The molecule has 4 rings (SSSR count). The second-order valence-electron chi connectivity index (χ2n) is 6.58. The molecule has 142 valence electrons. The van der Waals surface area contributed by atoms with Crippen LogP contribution < -0.4 is 5.32 Å². The van der Waals surface area contributed by atoms with Crippen molar-refractivity contribution >= 4 is 17.5 Å². The van der Waals surface area contributed by atoms with Gasteiger partial charge >= 0.3 is 0 Å². The van der Waals surface area contributed by atoms with Crippen molar-refractivity contribution in [1.29, 1.82) is 0 Å². The first-order valence-corrected chi connectivity index (χ1v) is 9.22. The normalized spacial score (nSPS) is 13.9. The molecule has 0 atom stereocenters. The van der Waals surface area contributed by atoms with Crippen LogP contribution in [0.4, 0.5) is 5.69 Å². The monoisotopic (exact) mass is 375 g/mol. The number of carbonyl (C=O) groups is 2. The smallest absolute Gasteiger partial charge is 0.255 e. The summed E-state index contributed by atoms with van der Waals surface area (Å²) in [7, 11) is 0. The number of rotatable bonds is 4. The van der Waals surface area contributed by atoms with Crippen LogP contribution in [-0.2, 0) is 4.74 Å². The fourth-order valence-electron chi connectivity index (χ4n) is 3.20. The van der Waals surface area contributed by atoms with E-state index in [1.807, 2.05) is 47.3 Å². The van der Waals surface area contributed by atoms with E-state index in [0.717, 1.165) is 5.69 Å². The highest BCUT2D eigenvalue weighted by Gasteiger charge is 2.19. The predicted octanol–water partition coefficient (Wildman–Crippen LogP) is 3.20. The number of nitrogens with one attached hydrogen (secondary N) is 1. The molecule has 1 fully saturated rings. The van der Waals surface area contributed by atoms with Gasteiger partial charge in [0.25, 0.3) is 11.8 Å². The number of nitrogens with zero attached hydrogens (tertiary/aromatic N) is 2. The van der Waals surface area contributed by atoms with E-state index in [2.05, 4.69) is 5.32 Å². The van der Waals surface area contributed by atoms with Gasteiger partial charge < -0.3 is 19.5 Å². The molecule has 6 nitrogen and oxygen atoms in total. The molecule has 1 saturated heterocycles. The minimum absolute atomic E-state index is 0.0472. The Bertz CT molecular complexity index is 976. The molecule has 3 aromatic rings. The molecule has 0 bridgehead atoms. The highest BCUT2D eigenvalue weighted by atomic mass is 16.5. The van der Waals surface area contributed by atoms with Crippen LogP contribution in [0.2, 0.25) is 0 Å². The van der Waals surface area contributed by atoms with E-state index in [9.17, 15) is 9.59 Å². The van der Waals surface area contributed by atoms with Crippen LogP contribution >= 0.6 is 0 Å². The van der Waals surface area contributed by atoms with Gasteiger partial charge in [-0.15, -0.1) is 0 Å². The van der Waals surface area contributed by atoms with Crippen LogP contribution in [-0.4, -0.2) is 47.6 Å². The molecule has 0 radical (unpaired) electrons. The fourth-order valence-corrected chi connectivity index (χ4v) is 3.20. The standard InChI is InChI=1S/C22H21N3O3/c26-21(17-5-4-8-20(16-17)24-9-1-2-10-24)23-19-7-3-6-18(15-19)22(27)25-11-13-28-14-12-25/h1-10,15-16H,11-14H2,(H,23,26). The quantitative estimate of drug-likeness (QED) is 0.762. The van der Waals surface area contributed by atoms with E-state index in [1.54, 1.807) is 35.2 Å². The van der Waals surface area contributed by atoms with Crippen LogP contribution in [0.3, 0.4) is 0 Å². The number of anilines is 1. The van der Waals surface area contributed by atoms with Crippen molar-refractivity contribution < 1.29 is 14.3 Å². The Kier molecular flexibility index (Phi) is 5.21. The van der Waals surface area contributed by atoms with Gasteiger partial charge in [0.15, 0.2) is 0 Å². The number of hydrogen-bond acceptors (Lipinski definition) is 3. The van der Waals surface area contributed by atoms with E-state index < -0.39 is 0 Å². The summed E-state index contributed by atoms with van der Waals surface area (Å²) < 4.78 is 7.24. The number of benzene rings is 2. The lowest BCUT2D eigenvalue weighted by Crippen LogP contribution is -2.40. The Morgan fingerprint density at radius 3 is 2.36 bits per heavy atom. The molecular formula is C22H21N3O3. The van der Waals surface area contributed by atoms with Crippen molar-refractivity contribution in [3.05, 3.63) is 84.2 Å². The third kappa shape index (κ3) is 3.97. The molecule has 28 heavy (non-hydrogen) atoms. The van der Waals surface area contributed by atoms with Gasteiger partial charge in [-0.05, 0) is 48.5 Å². The predicted molar refractivity (Wildman–Crippen MR) is 107 cm³/mol. The summed E-state index contributed by atoms with van der Waals surface area (Å²) in [6.07, 6.45) is 3.86. The number of hydrogen-bond donors (Lipinski definition) is 1. The summed E-state index contributed by atoms with van der Waals surface area (Å²) in [5.74, 6) is -0.265. The van der Waals surface area contributed by atoms with Gasteiger partial charge in [0.2, 0.25) is 0 Å². The average Bonchev–Trinajstić information content (AvgIpc) is 3.29. The summed E-state index contributed by atoms with van der Waals surface area (Å²) in [4.78, 5) is 27.1. The Balaban J connectivity index is 1.49. The van der Waals surface area contributed by atoms with Crippen molar-refractivity contribution in [3.8, 4) is 5.69 Å². The summed E-state index contributed by atoms with van der Waals surface area (Å²) in [6.45, 7) is 2.28. The van der Waals surface area contributed by atoms with Gasteiger partial charge in [0.05, 0.1) is 13.2 Å². The zero-order valence-electron chi connectivity index (χ0n) is 15.4. The van der Waals surface area contributed by atoms with Crippen LogP contribution in [0.15, 0.2) is 73.1 Å². The van der Waals surface area contributed by atoms with Gasteiger partial charge in [-0.2, -0.15) is 0 Å². The van der Waals surface area contributed by atoms with Crippen LogP contribution in [0.5, 0.6) is 0 Å². The van der Waals surface area contributed by atoms with Gasteiger partial charge in [-0.3, -0.25) is 9.59 Å². The molecule has 0 spiro atoms. The highest BCUT2D eigenvalue weighted by Crippen LogP contribution is 2.16. The zero-order chi connectivity index (χ0) is 19.3. The van der Waals surface area contributed by atoms with Crippen molar-refractivity contribution in [2.75, 3.05) is 31.6 Å². The molecule has 2 aromatic carbocycles. The molecular weight excluding hydrogens is 354 g/mol. The Labute approximate surface area is 163 Å². The van der Waals surface area contributed by atoms with Crippen LogP contribution in [0.25, 0.3) is 5.69 Å². The third-order valence-corrected chi connectivity index (χ3v) is 4.68. The molecule has 1 aliphatic heterocycles. The molecule has 2 heterocycles. The van der Waals surface area contributed by atoms with E-state index in [1.165, 1.54) is 0 Å². The number of aromatic nitrogens is 1. The van der Waals surface area contributed by atoms with Gasteiger partial charge in [0.1, 0.15) is 0 Å². The number of amides is 2. The lowest BCUT2D eigenvalue weighted by atomic mass is 10.1. The number of carbonyl (C=O) groups excluding carboxylic acids is 2. The molecule has 1 aliphatic rings. The summed E-state index contributed by atoms with van der Waals surface area (Å²) in [5.41, 5.74) is 2.61. The SMILES string of the molecule is O=C(Nc1cccc(C(=O)N2CCOCC2)c1)c1cccc(-n2cccc2)c1. The molecule has 0 aliphatic carbocycles. The van der Waals surface area contributed by atoms with Crippen molar-refractivity contribution in [2.24, 2.45) is 0 Å². The van der Waals surface area contributed by atoms with Crippen LogP contribution in [0, 0.1) is 0 Å². The average molecular weight is 375 g/mol. The molecule has 0 saturated carbocycles. The number of morpholine rings is 1. The van der Waals surface area contributed by atoms with E-state index in [4.69, 9.17) is 4.74 Å². The second kappa shape index (κ2) is 8.10. The van der Waals surface area contributed by atoms with Gasteiger partial charge in [-0.25, -0.2) is 0 Å². The lowest BCUT2D eigenvalue weighted by Gasteiger charge is -2.27. The molecule has 1 aromatic heterocycles. The minimum atomic E-state index is -0.218. The van der Waals surface area contributed by atoms with Crippen molar-refractivity contribution in [2.45, 2.75) is 0 Å². The first kappa shape index (κ1) is 18.0. The fraction of sp³-hybridized carbons (Fsp3) is 0.182. The third-order valence-electron chi connectivity index (χ3n) is 4.68. The summed E-state index contributed by atoms with van der Waals surface area (Å²) in [5, 5.41) is 2.89. The maximum atomic E-state index is 12.7. The van der Waals surface area contributed by atoms with Crippen molar-refractivity contribution in [1.82, 2.24) is 9.47 Å². The summed E-state index contributed by atoms with van der Waals surface area (Å²) in [6, 6.07) is 18.3. The maximum Gasteiger partial charge on any atom is 0.255 e. The second-order valence-corrected chi connectivity index (χ2v) is 6.58. The topological polar surface area (TPSA) is 63.6 Å². The molecule has 0 unspecified atom stereocenters. The lowest BCUT2D eigenvalue weighted by molar-refractivity contribution is 0.0303. The maximum absolute atomic E-state index is 12.7. The van der Waals surface area contributed by atoms with E-state index in [-0.39, 0.29) is 11.8 Å².